The number of carbonyl (C=O) groups excluding carboxylic acids is 1. The minimum atomic E-state index is -0.226. The summed E-state index contributed by atoms with van der Waals surface area (Å²) in [6, 6.07) is 5.78. The lowest BCUT2D eigenvalue weighted by molar-refractivity contribution is -0.879. The molecule has 0 aromatic heterocycles. The number of hydrogen-bond donors (Lipinski definition) is 1. The summed E-state index contributed by atoms with van der Waals surface area (Å²) in [6.45, 7) is 1.92. The molecule has 1 aliphatic carbocycles. The molecule has 1 saturated carbocycles. The van der Waals surface area contributed by atoms with Crippen LogP contribution < -0.4 is 17.0 Å². The van der Waals surface area contributed by atoms with E-state index in [1.165, 1.54) is 12.8 Å². The van der Waals surface area contributed by atoms with Gasteiger partial charge >= 0.3 is 5.97 Å². The minimum Gasteiger partial charge on any atom is -1.00 e. The summed E-state index contributed by atoms with van der Waals surface area (Å²) in [4.78, 5) is 12.2. The highest BCUT2D eigenvalue weighted by molar-refractivity contribution is 5.74. The van der Waals surface area contributed by atoms with E-state index >= 15 is 0 Å². The second kappa shape index (κ2) is 7.87. The first kappa shape index (κ1) is 19.3. The van der Waals surface area contributed by atoms with Crippen LogP contribution in [-0.2, 0) is 16.0 Å². The van der Waals surface area contributed by atoms with Crippen molar-refractivity contribution in [3.8, 4) is 5.75 Å². The molecular weight excluding hydrogens is 370 g/mol. The summed E-state index contributed by atoms with van der Waals surface area (Å²) >= 11 is 0. The third-order valence-electron chi connectivity index (χ3n) is 5.33. The maximum atomic E-state index is 12.2. The van der Waals surface area contributed by atoms with Crippen molar-refractivity contribution in [2.75, 3.05) is 27.2 Å². The molecule has 0 spiro atoms. The van der Waals surface area contributed by atoms with Gasteiger partial charge in [-0.15, -0.1) is 0 Å². The number of para-hydroxylation sites is 1. The SMILES string of the molecule is C[N+]1(C)CC[C@@H](OC(=O)Cc2cccc(C3CCCC3)c2O)C1.[Br-]. The number of phenolic OH excluding ortho intramolecular Hbond substituents is 1. The van der Waals surface area contributed by atoms with Crippen LogP contribution in [0.2, 0.25) is 0 Å². The Morgan fingerprint density at radius 2 is 1.96 bits per heavy atom. The molecule has 0 amide bonds. The number of benzene rings is 1. The minimum absolute atomic E-state index is 0. The molecule has 3 rings (SSSR count). The van der Waals surface area contributed by atoms with Gasteiger partial charge in [0.25, 0.3) is 0 Å². The Bertz CT molecular complexity index is 582. The molecule has 1 saturated heterocycles. The second-order valence-electron chi connectivity index (χ2n) is 7.76. The Balaban J connectivity index is 0.00000208. The average Bonchev–Trinajstić information content (AvgIpc) is 3.11. The molecule has 2 fully saturated rings. The number of quaternary nitrogens is 1. The molecule has 1 N–H and O–H groups in total. The van der Waals surface area contributed by atoms with Gasteiger partial charge in [-0.1, -0.05) is 31.0 Å². The van der Waals surface area contributed by atoms with E-state index in [9.17, 15) is 9.90 Å². The van der Waals surface area contributed by atoms with Crippen LogP contribution in [0.5, 0.6) is 5.75 Å². The molecule has 0 unspecified atom stereocenters. The quantitative estimate of drug-likeness (QED) is 0.573. The van der Waals surface area contributed by atoms with Gasteiger partial charge in [-0.05, 0) is 24.3 Å². The standard InChI is InChI=1S/C19H27NO3.BrH/c1-20(2)11-10-16(13-20)23-18(21)12-15-8-5-9-17(19(15)22)14-6-3-4-7-14;/h5,8-9,14,16H,3-4,6-7,10-13H2,1-2H3;1H/t16-;/m1./s1. The number of aromatic hydroxyl groups is 1. The van der Waals surface area contributed by atoms with Gasteiger partial charge in [0.05, 0.1) is 27.1 Å². The number of likely N-dealkylation sites (N-methyl/N-ethyl adjacent to an activating group) is 1. The third kappa shape index (κ3) is 4.51. The molecule has 24 heavy (non-hydrogen) atoms. The summed E-state index contributed by atoms with van der Waals surface area (Å²) in [5.41, 5.74) is 1.71. The van der Waals surface area contributed by atoms with Crippen molar-refractivity contribution in [2.24, 2.45) is 0 Å². The van der Waals surface area contributed by atoms with Gasteiger partial charge in [0, 0.05) is 12.0 Å². The Morgan fingerprint density at radius 1 is 1.25 bits per heavy atom. The fourth-order valence-corrected chi connectivity index (χ4v) is 4.03. The van der Waals surface area contributed by atoms with Gasteiger partial charge in [-0.25, -0.2) is 0 Å². The molecule has 1 aliphatic heterocycles. The van der Waals surface area contributed by atoms with E-state index in [0.717, 1.165) is 42.4 Å². The lowest BCUT2D eigenvalue weighted by Crippen LogP contribution is -3.00. The monoisotopic (exact) mass is 397 g/mol. The van der Waals surface area contributed by atoms with Gasteiger partial charge in [-0.3, -0.25) is 4.79 Å². The van der Waals surface area contributed by atoms with Crippen LogP contribution in [0, 0.1) is 0 Å². The summed E-state index contributed by atoms with van der Waals surface area (Å²) in [5.74, 6) is 0.522. The zero-order valence-electron chi connectivity index (χ0n) is 14.6. The molecule has 1 heterocycles. The fraction of sp³-hybridized carbons (Fsp3) is 0.632. The summed E-state index contributed by atoms with van der Waals surface area (Å²) in [7, 11) is 4.31. The molecule has 0 bridgehead atoms. The maximum Gasteiger partial charge on any atom is 0.310 e. The number of hydrogen-bond acceptors (Lipinski definition) is 3. The molecule has 1 atom stereocenters. The molecule has 1 aromatic carbocycles. The number of nitrogens with zero attached hydrogens (tertiary/aromatic N) is 1. The Labute approximate surface area is 155 Å². The smallest absolute Gasteiger partial charge is 0.310 e. The summed E-state index contributed by atoms with van der Waals surface area (Å²) in [6.07, 6.45) is 5.83. The van der Waals surface area contributed by atoms with E-state index in [1.807, 2.05) is 18.2 Å². The lowest BCUT2D eigenvalue weighted by atomic mass is 9.94. The van der Waals surface area contributed by atoms with E-state index in [4.69, 9.17) is 4.74 Å². The molecule has 5 heteroatoms. The van der Waals surface area contributed by atoms with Crippen LogP contribution in [0.3, 0.4) is 0 Å². The first-order chi connectivity index (χ1) is 10.9. The predicted molar refractivity (Wildman–Crippen MR) is 89.4 cm³/mol. The van der Waals surface area contributed by atoms with Crippen LogP contribution in [0.1, 0.15) is 49.1 Å². The second-order valence-corrected chi connectivity index (χ2v) is 7.76. The highest BCUT2D eigenvalue weighted by atomic mass is 79.9. The van der Waals surface area contributed by atoms with Crippen molar-refractivity contribution in [3.63, 3.8) is 0 Å². The van der Waals surface area contributed by atoms with E-state index < -0.39 is 0 Å². The predicted octanol–water partition coefficient (Wildman–Crippen LogP) is -0.0118. The van der Waals surface area contributed by atoms with Gasteiger partial charge < -0.3 is 31.3 Å². The highest BCUT2D eigenvalue weighted by Crippen LogP contribution is 2.39. The zero-order valence-corrected chi connectivity index (χ0v) is 16.2. The van der Waals surface area contributed by atoms with Gasteiger partial charge in [0.2, 0.25) is 0 Å². The first-order valence-corrected chi connectivity index (χ1v) is 8.77. The van der Waals surface area contributed by atoms with Crippen molar-refractivity contribution in [1.82, 2.24) is 0 Å². The van der Waals surface area contributed by atoms with Crippen molar-refractivity contribution in [2.45, 2.75) is 50.5 Å². The van der Waals surface area contributed by atoms with Crippen LogP contribution >= 0.6 is 0 Å². The molecule has 2 aliphatic rings. The van der Waals surface area contributed by atoms with Crippen LogP contribution in [0.4, 0.5) is 0 Å². The Kier molecular flexibility index (Phi) is 6.32. The Morgan fingerprint density at radius 3 is 2.58 bits per heavy atom. The highest BCUT2D eigenvalue weighted by Gasteiger charge is 2.33. The summed E-state index contributed by atoms with van der Waals surface area (Å²) in [5, 5.41) is 10.5. The van der Waals surface area contributed by atoms with E-state index in [1.54, 1.807) is 0 Å². The Hall–Kier alpha value is -1.07. The van der Waals surface area contributed by atoms with Crippen molar-refractivity contribution >= 4 is 5.97 Å². The molecule has 0 radical (unpaired) electrons. The molecular formula is C19H28BrNO3. The van der Waals surface area contributed by atoms with E-state index in [-0.39, 0.29) is 35.5 Å². The topological polar surface area (TPSA) is 46.5 Å². The van der Waals surface area contributed by atoms with E-state index in [2.05, 4.69) is 14.1 Å². The number of esters is 1. The van der Waals surface area contributed by atoms with Crippen LogP contribution in [-0.4, -0.2) is 48.8 Å². The fourth-order valence-electron chi connectivity index (χ4n) is 4.03. The van der Waals surface area contributed by atoms with Gasteiger partial charge in [-0.2, -0.15) is 0 Å². The van der Waals surface area contributed by atoms with Gasteiger partial charge in [0.15, 0.2) is 6.10 Å². The van der Waals surface area contributed by atoms with Crippen LogP contribution in [0.25, 0.3) is 0 Å². The zero-order chi connectivity index (χ0) is 16.4. The normalized spacial score (nSPS) is 23.0. The summed E-state index contributed by atoms with van der Waals surface area (Å²) < 4.78 is 6.51. The van der Waals surface area contributed by atoms with Gasteiger partial charge in [0.1, 0.15) is 12.3 Å². The van der Waals surface area contributed by atoms with Crippen molar-refractivity contribution < 1.29 is 36.1 Å². The van der Waals surface area contributed by atoms with Crippen molar-refractivity contribution in [3.05, 3.63) is 29.3 Å². The maximum absolute atomic E-state index is 12.2. The number of phenols is 1. The number of rotatable bonds is 4. The van der Waals surface area contributed by atoms with Crippen molar-refractivity contribution in [1.29, 1.82) is 0 Å². The van der Waals surface area contributed by atoms with E-state index in [0.29, 0.717) is 17.2 Å². The molecule has 1 aromatic rings. The third-order valence-corrected chi connectivity index (χ3v) is 5.33. The average molecular weight is 398 g/mol. The number of carbonyl (C=O) groups is 1. The lowest BCUT2D eigenvalue weighted by Gasteiger charge is -2.23. The molecule has 4 nitrogen and oxygen atoms in total. The van der Waals surface area contributed by atoms with Crippen LogP contribution in [0.15, 0.2) is 18.2 Å². The number of halogens is 1. The first-order valence-electron chi connectivity index (χ1n) is 8.77. The number of likely N-dealkylation sites (tertiary alicyclic amines) is 1. The molecule has 134 valence electrons. The number of ether oxygens (including phenoxy) is 1. The largest absolute Gasteiger partial charge is 1.00 e.